The number of ether oxygens (including phenoxy) is 2. The van der Waals surface area contributed by atoms with Gasteiger partial charge < -0.3 is 19.4 Å². The number of carboxylic acid groups (broad SMARTS) is 1. The summed E-state index contributed by atoms with van der Waals surface area (Å²) in [7, 11) is 0. The summed E-state index contributed by atoms with van der Waals surface area (Å²) in [6.07, 6.45) is 5.41. The van der Waals surface area contributed by atoms with E-state index in [1.165, 1.54) is 50.1 Å². The van der Waals surface area contributed by atoms with Gasteiger partial charge in [0.25, 0.3) is 0 Å². The van der Waals surface area contributed by atoms with Gasteiger partial charge in [0, 0.05) is 11.4 Å². The van der Waals surface area contributed by atoms with Gasteiger partial charge in [-0.2, -0.15) is 0 Å². The fourth-order valence-electron chi connectivity index (χ4n) is 7.05. The van der Waals surface area contributed by atoms with Crippen molar-refractivity contribution in [1.82, 2.24) is 0 Å². The van der Waals surface area contributed by atoms with E-state index in [-0.39, 0.29) is 23.2 Å². The molecule has 1 atom stereocenters. The average molecular weight is 524 g/mol. The minimum atomic E-state index is -0.927. The molecule has 2 aliphatic carbocycles. The predicted molar refractivity (Wildman–Crippen MR) is 152 cm³/mol. The molecule has 3 aromatic carbocycles. The molecule has 1 saturated carbocycles. The van der Waals surface area contributed by atoms with Crippen LogP contribution in [0.25, 0.3) is 11.1 Å². The van der Waals surface area contributed by atoms with E-state index in [0.29, 0.717) is 6.61 Å². The Bertz CT molecular complexity index is 1400. The summed E-state index contributed by atoms with van der Waals surface area (Å²) in [5.74, 6) is 0.135. The summed E-state index contributed by atoms with van der Waals surface area (Å²) < 4.78 is 11.5. The number of carboxylic acids is 1. The quantitative estimate of drug-likeness (QED) is 0.343. The number of carbonyl (C=O) groups excluding carboxylic acids is 1. The molecule has 0 radical (unpaired) electrons. The van der Waals surface area contributed by atoms with E-state index in [1.807, 2.05) is 0 Å². The summed E-state index contributed by atoms with van der Waals surface area (Å²) >= 11 is 0. The van der Waals surface area contributed by atoms with Gasteiger partial charge in [-0.15, -0.1) is 0 Å². The molecule has 4 heteroatoms. The second-order valence-corrected chi connectivity index (χ2v) is 12.8. The van der Waals surface area contributed by atoms with Gasteiger partial charge >= 0.3 is 0 Å². The molecule has 39 heavy (non-hydrogen) atoms. The Hall–Kier alpha value is -3.11. The van der Waals surface area contributed by atoms with E-state index >= 15 is 0 Å². The van der Waals surface area contributed by atoms with E-state index in [0.717, 1.165) is 51.1 Å². The van der Waals surface area contributed by atoms with Crippen LogP contribution in [0.5, 0.6) is 5.75 Å². The third-order valence-electron chi connectivity index (χ3n) is 9.52. The maximum Gasteiger partial charge on any atom is 0.119 e. The number of rotatable bonds is 9. The van der Waals surface area contributed by atoms with E-state index in [4.69, 9.17) is 9.47 Å². The van der Waals surface area contributed by atoms with Gasteiger partial charge in [0.2, 0.25) is 0 Å². The zero-order valence-electron chi connectivity index (χ0n) is 23.7. The number of hydrogen-bond donors (Lipinski definition) is 0. The average Bonchev–Trinajstić information content (AvgIpc) is 3.58. The summed E-state index contributed by atoms with van der Waals surface area (Å²) in [6, 6.07) is 17.8. The van der Waals surface area contributed by atoms with Crippen LogP contribution in [0, 0.1) is 31.6 Å². The number of hydrogen-bond acceptors (Lipinski definition) is 4. The highest BCUT2D eigenvalue weighted by atomic mass is 16.5. The van der Waals surface area contributed by atoms with Gasteiger partial charge in [-0.25, -0.2) is 0 Å². The molecule has 0 bridgehead atoms. The molecule has 1 unspecified atom stereocenters. The Morgan fingerprint density at radius 2 is 1.77 bits per heavy atom. The SMILES string of the molecule is Cc1cc(OCC2(C)COC2)cc(C)c1-c1cccc(CCc2ccc3c(c2)CC2(CC2)C3CC(=O)[O-])c1C. The van der Waals surface area contributed by atoms with Gasteiger partial charge in [0.15, 0.2) is 0 Å². The standard InChI is InChI=1S/C35H40O4/c1-22-14-28(39-21-34(4)19-38-20-34)15-23(2)33(22)29-7-5-6-26(24(29)3)10-8-25-9-11-30-27(16-25)18-35(12-13-35)31(30)17-32(36)37/h5-7,9,11,14-16,31H,8,10,12-13,17-21H2,1-4H3,(H,36,37)/p-1. The van der Waals surface area contributed by atoms with E-state index in [1.54, 1.807) is 0 Å². The maximum absolute atomic E-state index is 11.4. The van der Waals surface area contributed by atoms with Crippen LogP contribution in [0.1, 0.15) is 71.0 Å². The molecule has 1 spiro atoms. The second kappa shape index (κ2) is 9.82. The lowest BCUT2D eigenvalue weighted by Gasteiger charge is -2.37. The number of benzene rings is 3. The Kier molecular flexibility index (Phi) is 6.58. The number of aliphatic carboxylic acids is 1. The monoisotopic (exact) mass is 523 g/mol. The van der Waals surface area contributed by atoms with Gasteiger partial charge in [-0.3, -0.25) is 0 Å². The van der Waals surface area contributed by atoms with Crippen molar-refractivity contribution in [3.8, 4) is 16.9 Å². The summed E-state index contributed by atoms with van der Waals surface area (Å²) in [4.78, 5) is 11.4. The molecule has 2 fully saturated rings. The molecule has 0 amide bonds. The van der Waals surface area contributed by atoms with Crippen molar-refractivity contribution in [1.29, 1.82) is 0 Å². The highest BCUT2D eigenvalue weighted by molar-refractivity contribution is 5.75. The fourth-order valence-corrected chi connectivity index (χ4v) is 7.05. The van der Waals surface area contributed by atoms with Crippen molar-refractivity contribution >= 4 is 5.97 Å². The molecular formula is C35H39O4-. The molecular weight excluding hydrogens is 484 g/mol. The number of aryl methyl sites for hydroxylation is 4. The maximum atomic E-state index is 11.4. The molecule has 4 nitrogen and oxygen atoms in total. The van der Waals surface area contributed by atoms with E-state index < -0.39 is 5.97 Å². The molecule has 6 rings (SSSR count). The van der Waals surface area contributed by atoms with Crippen LogP contribution in [0.15, 0.2) is 48.5 Å². The van der Waals surface area contributed by atoms with Crippen LogP contribution < -0.4 is 9.84 Å². The Morgan fingerprint density at radius 3 is 2.41 bits per heavy atom. The minimum Gasteiger partial charge on any atom is -0.550 e. The van der Waals surface area contributed by atoms with Crippen LogP contribution in [-0.2, 0) is 28.8 Å². The van der Waals surface area contributed by atoms with Gasteiger partial charge in [-0.1, -0.05) is 43.3 Å². The van der Waals surface area contributed by atoms with Gasteiger partial charge in [-0.05, 0) is 133 Å². The lowest BCUT2D eigenvalue weighted by molar-refractivity contribution is -0.306. The van der Waals surface area contributed by atoms with Crippen LogP contribution in [0.3, 0.4) is 0 Å². The summed E-state index contributed by atoms with van der Waals surface area (Å²) in [5, 5.41) is 11.4. The van der Waals surface area contributed by atoms with Crippen LogP contribution in [-0.4, -0.2) is 25.8 Å². The zero-order valence-corrected chi connectivity index (χ0v) is 23.7. The zero-order chi connectivity index (χ0) is 27.4. The second-order valence-electron chi connectivity index (χ2n) is 12.8. The first-order valence-electron chi connectivity index (χ1n) is 14.4. The first-order chi connectivity index (χ1) is 18.7. The Balaban J connectivity index is 1.18. The highest BCUT2D eigenvalue weighted by Gasteiger charge is 2.53. The topological polar surface area (TPSA) is 58.6 Å². The van der Waals surface area contributed by atoms with Gasteiger partial charge in [0.1, 0.15) is 5.75 Å². The smallest absolute Gasteiger partial charge is 0.119 e. The first-order valence-corrected chi connectivity index (χ1v) is 14.4. The van der Waals surface area contributed by atoms with E-state index in [9.17, 15) is 9.90 Å². The van der Waals surface area contributed by atoms with Gasteiger partial charge in [0.05, 0.1) is 19.8 Å². The number of fused-ring (bicyclic) bond motifs is 1. The lowest BCUT2D eigenvalue weighted by atomic mass is 9.86. The molecule has 3 aromatic rings. The summed E-state index contributed by atoms with van der Waals surface area (Å²) in [5.41, 5.74) is 12.0. The highest BCUT2D eigenvalue weighted by Crippen LogP contribution is 2.64. The lowest BCUT2D eigenvalue weighted by Crippen LogP contribution is -2.44. The Labute approximate surface area is 232 Å². The molecule has 204 valence electrons. The van der Waals surface area contributed by atoms with Crippen molar-refractivity contribution in [2.24, 2.45) is 10.8 Å². The third kappa shape index (κ3) is 5.00. The van der Waals surface area contributed by atoms with Crippen LogP contribution in [0.4, 0.5) is 0 Å². The molecule has 1 aliphatic heterocycles. The normalized spacial score (nSPS) is 19.9. The molecule has 1 saturated heterocycles. The van der Waals surface area contributed by atoms with Crippen molar-refractivity contribution < 1.29 is 19.4 Å². The van der Waals surface area contributed by atoms with Crippen LogP contribution in [0.2, 0.25) is 0 Å². The van der Waals surface area contributed by atoms with Crippen molar-refractivity contribution in [3.63, 3.8) is 0 Å². The molecule has 0 N–H and O–H groups in total. The predicted octanol–water partition coefficient (Wildman–Crippen LogP) is 6.04. The largest absolute Gasteiger partial charge is 0.550 e. The third-order valence-corrected chi connectivity index (χ3v) is 9.52. The molecule has 3 aliphatic rings. The summed E-state index contributed by atoms with van der Waals surface area (Å²) in [6.45, 7) is 11.0. The van der Waals surface area contributed by atoms with Crippen molar-refractivity contribution in [2.45, 2.75) is 72.1 Å². The molecule has 0 aromatic heterocycles. The minimum absolute atomic E-state index is 0.126. The number of carbonyl (C=O) groups is 1. The molecule has 1 heterocycles. The van der Waals surface area contributed by atoms with E-state index in [2.05, 4.69) is 76.2 Å². The van der Waals surface area contributed by atoms with Crippen molar-refractivity contribution in [2.75, 3.05) is 19.8 Å². The van der Waals surface area contributed by atoms with Crippen molar-refractivity contribution in [3.05, 3.63) is 87.5 Å². The Morgan fingerprint density at radius 1 is 1.03 bits per heavy atom. The fraction of sp³-hybridized carbons (Fsp3) is 0.457. The van der Waals surface area contributed by atoms with Crippen LogP contribution >= 0.6 is 0 Å². The first kappa shape index (κ1) is 26.1.